The van der Waals surface area contributed by atoms with Crippen LogP contribution in [0.3, 0.4) is 0 Å². The second-order valence-electron chi connectivity index (χ2n) is 5.34. The third-order valence-corrected chi connectivity index (χ3v) is 3.41. The van der Waals surface area contributed by atoms with Gasteiger partial charge in [-0.2, -0.15) is 0 Å². The second-order valence-corrected chi connectivity index (χ2v) is 5.34. The van der Waals surface area contributed by atoms with E-state index in [9.17, 15) is 0 Å². The molecule has 0 heterocycles. The number of aryl methyl sites for hydroxylation is 1. The van der Waals surface area contributed by atoms with E-state index in [1.807, 2.05) is 13.0 Å². The Labute approximate surface area is 140 Å². The number of ether oxygens (including phenoxy) is 2. The minimum atomic E-state index is 0.595. The molecule has 130 valence electrons. The van der Waals surface area contributed by atoms with Crippen LogP contribution >= 0.6 is 0 Å². The molecule has 1 aromatic carbocycles. The number of hydrogen-bond acceptors (Lipinski definition) is 3. The molecule has 0 atom stereocenters. The molecular weight excluding hydrogens is 290 g/mol. The Morgan fingerprint density at radius 1 is 1.17 bits per heavy atom. The first kappa shape index (κ1) is 19.3. The Bertz CT molecular complexity index is 475. The number of aliphatic imine (C=N–C) groups is 1. The van der Waals surface area contributed by atoms with Crippen molar-refractivity contribution in [2.24, 2.45) is 4.99 Å². The van der Waals surface area contributed by atoms with E-state index in [0.717, 1.165) is 56.4 Å². The van der Waals surface area contributed by atoms with Crippen LogP contribution in [0.2, 0.25) is 0 Å². The lowest BCUT2D eigenvalue weighted by Crippen LogP contribution is -2.37. The van der Waals surface area contributed by atoms with Crippen LogP contribution in [-0.2, 0) is 11.3 Å². The highest BCUT2D eigenvalue weighted by Gasteiger charge is 2.03. The molecule has 0 radical (unpaired) electrons. The predicted molar refractivity (Wildman–Crippen MR) is 96.3 cm³/mol. The maximum Gasteiger partial charge on any atom is 0.191 e. The lowest BCUT2D eigenvalue weighted by Gasteiger charge is -2.12. The minimum absolute atomic E-state index is 0.595. The molecule has 1 rings (SSSR count). The zero-order chi connectivity index (χ0) is 16.9. The van der Waals surface area contributed by atoms with Crippen LogP contribution in [0.15, 0.2) is 23.2 Å². The van der Waals surface area contributed by atoms with Gasteiger partial charge in [-0.05, 0) is 45.2 Å². The van der Waals surface area contributed by atoms with Crippen molar-refractivity contribution < 1.29 is 9.47 Å². The summed E-state index contributed by atoms with van der Waals surface area (Å²) in [5.41, 5.74) is 2.28. The minimum Gasteiger partial charge on any atom is -0.496 e. The van der Waals surface area contributed by atoms with E-state index in [2.05, 4.69) is 41.6 Å². The van der Waals surface area contributed by atoms with E-state index >= 15 is 0 Å². The standard InChI is InChI=1S/C18H31N3O2/c1-5-19-18(20-11-7-8-12-23-6-2)21-14-16-10-9-15(3)13-17(16)22-4/h9-10,13H,5-8,11-12,14H2,1-4H3,(H2,19,20,21). The van der Waals surface area contributed by atoms with Crippen molar-refractivity contribution >= 4 is 5.96 Å². The fraction of sp³-hybridized carbons (Fsp3) is 0.611. The van der Waals surface area contributed by atoms with Crippen LogP contribution in [-0.4, -0.2) is 39.4 Å². The van der Waals surface area contributed by atoms with Gasteiger partial charge in [-0.25, -0.2) is 4.99 Å². The first-order chi connectivity index (χ1) is 11.2. The van der Waals surface area contributed by atoms with Crippen LogP contribution < -0.4 is 15.4 Å². The highest BCUT2D eigenvalue weighted by atomic mass is 16.5. The topological polar surface area (TPSA) is 54.9 Å². The van der Waals surface area contributed by atoms with E-state index in [4.69, 9.17) is 9.47 Å². The molecule has 0 aliphatic rings. The normalized spacial score (nSPS) is 11.4. The molecule has 0 aliphatic carbocycles. The number of rotatable bonds is 10. The van der Waals surface area contributed by atoms with E-state index in [1.54, 1.807) is 7.11 Å². The molecule has 0 unspecified atom stereocenters. The Morgan fingerprint density at radius 2 is 2.00 bits per heavy atom. The second kappa shape index (κ2) is 11.8. The number of unbranched alkanes of at least 4 members (excludes halogenated alkanes) is 1. The number of hydrogen-bond donors (Lipinski definition) is 2. The van der Waals surface area contributed by atoms with Crippen molar-refractivity contribution in [1.29, 1.82) is 0 Å². The van der Waals surface area contributed by atoms with Gasteiger partial charge in [0.25, 0.3) is 0 Å². The summed E-state index contributed by atoms with van der Waals surface area (Å²) in [4.78, 5) is 4.64. The molecule has 1 aromatic rings. The molecule has 0 aliphatic heterocycles. The molecule has 23 heavy (non-hydrogen) atoms. The average molecular weight is 321 g/mol. The Morgan fingerprint density at radius 3 is 2.70 bits per heavy atom. The number of guanidine groups is 1. The quantitative estimate of drug-likeness (QED) is 0.395. The first-order valence-electron chi connectivity index (χ1n) is 8.44. The summed E-state index contributed by atoms with van der Waals surface area (Å²) in [7, 11) is 1.70. The van der Waals surface area contributed by atoms with Gasteiger partial charge in [0, 0.05) is 31.9 Å². The summed E-state index contributed by atoms with van der Waals surface area (Å²) in [6, 6.07) is 6.20. The lowest BCUT2D eigenvalue weighted by molar-refractivity contribution is 0.143. The van der Waals surface area contributed by atoms with Crippen molar-refractivity contribution in [1.82, 2.24) is 10.6 Å². The molecule has 5 heteroatoms. The van der Waals surface area contributed by atoms with E-state index < -0.39 is 0 Å². The maximum absolute atomic E-state index is 5.43. The van der Waals surface area contributed by atoms with Gasteiger partial charge in [0.15, 0.2) is 5.96 Å². The van der Waals surface area contributed by atoms with Gasteiger partial charge in [0.2, 0.25) is 0 Å². The predicted octanol–water partition coefficient (Wildman–Crippen LogP) is 2.88. The fourth-order valence-electron chi connectivity index (χ4n) is 2.17. The molecule has 0 bridgehead atoms. The number of nitrogens with one attached hydrogen (secondary N) is 2. The molecule has 2 N–H and O–H groups in total. The van der Waals surface area contributed by atoms with Crippen molar-refractivity contribution in [2.45, 2.75) is 40.2 Å². The van der Waals surface area contributed by atoms with Crippen LogP contribution in [0, 0.1) is 6.92 Å². The molecule has 0 spiro atoms. The van der Waals surface area contributed by atoms with Gasteiger partial charge < -0.3 is 20.1 Å². The maximum atomic E-state index is 5.43. The molecular formula is C18H31N3O2. The third-order valence-electron chi connectivity index (χ3n) is 3.41. The summed E-state index contributed by atoms with van der Waals surface area (Å²) in [5, 5.41) is 6.63. The first-order valence-corrected chi connectivity index (χ1v) is 8.44. The molecule has 0 saturated carbocycles. The smallest absolute Gasteiger partial charge is 0.191 e. The average Bonchev–Trinajstić information content (AvgIpc) is 2.56. The van der Waals surface area contributed by atoms with E-state index in [1.165, 1.54) is 5.56 Å². The molecule has 0 fully saturated rings. The van der Waals surface area contributed by atoms with Crippen molar-refractivity contribution in [3.8, 4) is 5.75 Å². The Hall–Kier alpha value is -1.75. The Kier molecular flexibility index (Phi) is 9.87. The summed E-state index contributed by atoms with van der Waals surface area (Å²) < 4.78 is 10.8. The summed E-state index contributed by atoms with van der Waals surface area (Å²) >= 11 is 0. The summed E-state index contributed by atoms with van der Waals surface area (Å²) in [5.74, 6) is 1.73. The number of nitrogens with zero attached hydrogens (tertiary/aromatic N) is 1. The van der Waals surface area contributed by atoms with E-state index in [-0.39, 0.29) is 0 Å². The van der Waals surface area contributed by atoms with Gasteiger partial charge in [0.1, 0.15) is 5.75 Å². The lowest BCUT2D eigenvalue weighted by atomic mass is 10.1. The number of methoxy groups -OCH3 is 1. The summed E-state index contributed by atoms with van der Waals surface area (Å²) in [6.07, 6.45) is 2.13. The highest BCUT2D eigenvalue weighted by molar-refractivity contribution is 5.79. The summed E-state index contributed by atoms with van der Waals surface area (Å²) in [6.45, 7) is 10.1. The van der Waals surface area contributed by atoms with Crippen LogP contribution in [0.5, 0.6) is 5.75 Å². The third kappa shape index (κ3) is 7.88. The molecule has 0 saturated heterocycles. The molecule has 5 nitrogen and oxygen atoms in total. The monoisotopic (exact) mass is 321 g/mol. The highest BCUT2D eigenvalue weighted by Crippen LogP contribution is 2.20. The van der Waals surface area contributed by atoms with Crippen LogP contribution in [0.4, 0.5) is 0 Å². The van der Waals surface area contributed by atoms with Crippen molar-refractivity contribution in [3.05, 3.63) is 29.3 Å². The Balaban J connectivity index is 2.51. The van der Waals surface area contributed by atoms with E-state index in [0.29, 0.717) is 6.54 Å². The van der Waals surface area contributed by atoms with Gasteiger partial charge in [-0.15, -0.1) is 0 Å². The van der Waals surface area contributed by atoms with Gasteiger partial charge in [-0.1, -0.05) is 12.1 Å². The molecule has 0 aromatic heterocycles. The van der Waals surface area contributed by atoms with Crippen LogP contribution in [0.25, 0.3) is 0 Å². The number of benzene rings is 1. The van der Waals surface area contributed by atoms with Crippen LogP contribution in [0.1, 0.15) is 37.8 Å². The van der Waals surface area contributed by atoms with Crippen molar-refractivity contribution in [2.75, 3.05) is 33.4 Å². The fourth-order valence-corrected chi connectivity index (χ4v) is 2.17. The van der Waals surface area contributed by atoms with Gasteiger partial charge in [-0.3, -0.25) is 0 Å². The largest absolute Gasteiger partial charge is 0.496 e. The zero-order valence-electron chi connectivity index (χ0n) is 14.9. The SMILES string of the molecule is CCNC(=NCc1ccc(C)cc1OC)NCCCCOCC. The van der Waals surface area contributed by atoms with Gasteiger partial charge >= 0.3 is 0 Å². The van der Waals surface area contributed by atoms with Gasteiger partial charge in [0.05, 0.1) is 13.7 Å². The zero-order valence-corrected chi connectivity index (χ0v) is 14.9. The van der Waals surface area contributed by atoms with Crippen molar-refractivity contribution in [3.63, 3.8) is 0 Å². The molecule has 0 amide bonds.